The molecule has 0 fully saturated rings. The Hall–Kier alpha value is -1.59. The summed E-state index contributed by atoms with van der Waals surface area (Å²) in [6, 6.07) is 11.6. The van der Waals surface area contributed by atoms with E-state index in [4.69, 9.17) is 9.47 Å². The molecule has 0 atom stereocenters. The van der Waals surface area contributed by atoms with Crippen LogP contribution in [0.5, 0.6) is 11.6 Å². The van der Waals surface area contributed by atoms with Gasteiger partial charge in [0.15, 0.2) is 0 Å². The molecular weight excluding hydrogens is 320 g/mol. The van der Waals surface area contributed by atoms with Crippen LogP contribution in [0.1, 0.15) is 11.3 Å². The molecule has 1 N–H and O–H groups in total. The molecule has 2 rings (SSSR count). The second-order valence-electron chi connectivity index (χ2n) is 4.22. The number of nitrogens with one attached hydrogen (secondary N) is 1. The van der Waals surface area contributed by atoms with Gasteiger partial charge in [-0.2, -0.15) is 0 Å². The average Bonchev–Trinajstić information content (AvgIpc) is 2.47. The van der Waals surface area contributed by atoms with Gasteiger partial charge in [0, 0.05) is 18.2 Å². The largest absolute Gasteiger partial charge is 0.486 e. The van der Waals surface area contributed by atoms with Crippen molar-refractivity contribution in [3.05, 3.63) is 52.1 Å². The first-order valence-corrected chi connectivity index (χ1v) is 7.08. The molecule has 106 valence electrons. The number of hydrogen-bond acceptors (Lipinski definition) is 4. The Morgan fingerprint density at radius 1 is 1.20 bits per heavy atom. The fourth-order valence-electron chi connectivity index (χ4n) is 1.84. The second kappa shape index (κ2) is 7.26. The lowest BCUT2D eigenvalue weighted by Gasteiger charge is -2.13. The van der Waals surface area contributed by atoms with Gasteiger partial charge < -0.3 is 14.8 Å². The molecule has 0 bridgehead atoms. The van der Waals surface area contributed by atoms with Crippen LogP contribution < -0.4 is 14.8 Å². The van der Waals surface area contributed by atoms with Crippen LogP contribution in [0.3, 0.4) is 0 Å². The zero-order chi connectivity index (χ0) is 14.4. The normalized spacial score (nSPS) is 10.3. The Kier molecular flexibility index (Phi) is 5.38. The van der Waals surface area contributed by atoms with E-state index in [0.717, 1.165) is 28.0 Å². The van der Waals surface area contributed by atoms with E-state index in [1.54, 1.807) is 7.11 Å². The Morgan fingerprint density at radius 2 is 2.00 bits per heavy atom. The predicted octanol–water partition coefficient (Wildman–Crippen LogP) is 3.15. The van der Waals surface area contributed by atoms with Crippen LogP contribution in [0.15, 0.2) is 40.9 Å². The molecule has 0 aliphatic heterocycles. The lowest BCUT2D eigenvalue weighted by molar-refractivity contribution is 0.292. The van der Waals surface area contributed by atoms with Crippen molar-refractivity contribution in [1.82, 2.24) is 10.3 Å². The smallest absolute Gasteiger partial charge is 0.213 e. The molecule has 2 aromatic rings. The molecule has 0 amide bonds. The molecule has 0 saturated heterocycles. The fourth-order valence-corrected chi connectivity index (χ4v) is 2.36. The van der Waals surface area contributed by atoms with E-state index in [2.05, 4.69) is 26.2 Å². The van der Waals surface area contributed by atoms with Gasteiger partial charge in [0.2, 0.25) is 5.88 Å². The van der Waals surface area contributed by atoms with Crippen LogP contribution >= 0.6 is 15.9 Å². The van der Waals surface area contributed by atoms with Crippen molar-refractivity contribution in [2.75, 3.05) is 14.2 Å². The molecule has 1 aromatic carbocycles. The Labute approximate surface area is 127 Å². The summed E-state index contributed by atoms with van der Waals surface area (Å²) in [5.41, 5.74) is 1.93. The average molecular weight is 337 g/mol. The summed E-state index contributed by atoms with van der Waals surface area (Å²) in [6.07, 6.45) is 0. The van der Waals surface area contributed by atoms with Crippen LogP contribution in [-0.4, -0.2) is 19.1 Å². The zero-order valence-electron chi connectivity index (χ0n) is 11.5. The maximum absolute atomic E-state index is 5.90. The van der Waals surface area contributed by atoms with E-state index in [9.17, 15) is 0 Å². The highest BCUT2D eigenvalue weighted by Gasteiger charge is 2.08. The molecule has 1 aromatic heterocycles. The minimum absolute atomic E-state index is 0.399. The number of benzene rings is 1. The molecule has 1 heterocycles. The summed E-state index contributed by atoms with van der Waals surface area (Å²) in [4.78, 5) is 4.33. The molecule has 0 aliphatic rings. The van der Waals surface area contributed by atoms with Gasteiger partial charge in [-0.25, -0.2) is 4.98 Å². The van der Waals surface area contributed by atoms with Gasteiger partial charge in [0.25, 0.3) is 0 Å². The van der Waals surface area contributed by atoms with Gasteiger partial charge in [-0.3, -0.25) is 0 Å². The molecule has 4 nitrogen and oxygen atoms in total. The lowest BCUT2D eigenvalue weighted by Crippen LogP contribution is -2.08. The topological polar surface area (TPSA) is 43.4 Å². The van der Waals surface area contributed by atoms with Gasteiger partial charge in [0.05, 0.1) is 17.3 Å². The van der Waals surface area contributed by atoms with E-state index in [1.807, 2.05) is 43.4 Å². The second-order valence-corrected chi connectivity index (χ2v) is 5.07. The molecule has 0 spiro atoms. The van der Waals surface area contributed by atoms with E-state index in [0.29, 0.717) is 12.5 Å². The Bertz CT molecular complexity index is 576. The van der Waals surface area contributed by atoms with Gasteiger partial charge in [-0.1, -0.05) is 18.2 Å². The molecule has 0 unspecified atom stereocenters. The van der Waals surface area contributed by atoms with E-state index < -0.39 is 0 Å². The minimum Gasteiger partial charge on any atom is -0.486 e. The lowest BCUT2D eigenvalue weighted by atomic mass is 10.2. The van der Waals surface area contributed by atoms with Crippen molar-refractivity contribution in [3.8, 4) is 11.6 Å². The first kappa shape index (κ1) is 14.8. The van der Waals surface area contributed by atoms with Gasteiger partial charge in [-0.15, -0.1) is 0 Å². The van der Waals surface area contributed by atoms with E-state index >= 15 is 0 Å². The third-order valence-corrected chi connectivity index (χ3v) is 3.39. The van der Waals surface area contributed by atoms with Crippen molar-refractivity contribution in [2.24, 2.45) is 0 Å². The number of methoxy groups -OCH3 is 1. The Morgan fingerprint density at radius 3 is 2.75 bits per heavy atom. The van der Waals surface area contributed by atoms with Gasteiger partial charge >= 0.3 is 0 Å². The van der Waals surface area contributed by atoms with Crippen LogP contribution in [0.4, 0.5) is 0 Å². The highest BCUT2D eigenvalue weighted by atomic mass is 79.9. The van der Waals surface area contributed by atoms with E-state index in [-0.39, 0.29) is 0 Å². The molecule has 0 radical (unpaired) electrons. The first-order chi connectivity index (χ1) is 9.74. The molecular formula is C15H17BrN2O2. The van der Waals surface area contributed by atoms with Crippen molar-refractivity contribution in [3.63, 3.8) is 0 Å². The monoisotopic (exact) mass is 336 g/mol. The molecule has 0 aliphatic carbocycles. The first-order valence-electron chi connectivity index (χ1n) is 6.29. The van der Waals surface area contributed by atoms with Gasteiger partial charge in [-0.05, 0) is 35.1 Å². The van der Waals surface area contributed by atoms with Crippen LogP contribution in [-0.2, 0) is 13.2 Å². The summed E-state index contributed by atoms with van der Waals surface area (Å²) in [5, 5.41) is 3.13. The quantitative estimate of drug-likeness (QED) is 0.879. The number of para-hydroxylation sites is 1. The zero-order valence-corrected chi connectivity index (χ0v) is 13.1. The Balaban J connectivity index is 2.13. The maximum atomic E-state index is 5.90. The summed E-state index contributed by atoms with van der Waals surface area (Å²) >= 11 is 3.52. The molecule has 20 heavy (non-hydrogen) atoms. The molecule has 5 heteroatoms. The number of halogens is 1. The van der Waals surface area contributed by atoms with Crippen molar-refractivity contribution in [1.29, 1.82) is 0 Å². The highest BCUT2D eigenvalue weighted by Crippen LogP contribution is 2.29. The van der Waals surface area contributed by atoms with Gasteiger partial charge in [0.1, 0.15) is 12.4 Å². The number of hydrogen-bond donors (Lipinski definition) is 1. The standard InChI is InChI=1S/C15H17BrN2O2/c1-17-9-11-5-3-7-13(16)15(11)20-10-12-6-4-8-14(18-12)19-2/h3-8,17H,9-10H2,1-2H3. The van der Waals surface area contributed by atoms with Crippen LogP contribution in [0.25, 0.3) is 0 Å². The summed E-state index contributed by atoms with van der Waals surface area (Å²) < 4.78 is 11.9. The fraction of sp³-hybridized carbons (Fsp3) is 0.267. The minimum atomic E-state index is 0.399. The van der Waals surface area contributed by atoms with E-state index in [1.165, 1.54) is 0 Å². The number of pyridine rings is 1. The van der Waals surface area contributed by atoms with Crippen molar-refractivity contribution in [2.45, 2.75) is 13.2 Å². The van der Waals surface area contributed by atoms with Crippen LogP contribution in [0.2, 0.25) is 0 Å². The number of nitrogens with zero attached hydrogens (tertiary/aromatic N) is 1. The maximum Gasteiger partial charge on any atom is 0.213 e. The van der Waals surface area contributed by atoms with Crippen LogP contribution in [0, 0.1) is 0 Å². The highest BCUT2D eigenvalue weighted by molar-refractivity contribution is 9.10. The number of ether oxygens (including phenoxy) is 2. The number of rotatable bonds is 6. The number of aromatic nitrogens is 1. The SMILES string of the molecule is CNCc1cccc(Br)c1OCc1cccc(OC)n1. The summed E-state index contributed by atoms with van der Waals surface area (Å²) in [6.45, 7) is 1.15. The summed E-state index contributed by atoms with van der Waals surface area (Å²) in [5.74, 6) is 1.43. The molecule has 0 saturated carbocycles. The van der Waals surface area contributed by atoms with Crippen molar-refractivity contribution < 1.29 is 9.47 Å². The predicted molar refractivity (Wildman–Crippen MR) is 82.0 cm³/mol. The summed E-state index contributed by atoms with van der Waals surface area (Å²) in [7, 11) is 3.51. The third-order valence-electron chi connectivity index (χ3n) is 2.77. The van der Waals surface area contributed by atoms with Crippen molar-refractivity contribution >= 4 is 15.9 Å². The third kappa shape index (κ3) is 3.71.